The molecule has 9 heteroatoms. The maximum Gasteiger partial charge on any atom is 0.273 e. The third-order valence-corrected chi connectivity index (χ3v) is 6.43. The molecule has 0 saturated carbocycles. The molecule has 0 spiro atoms. The van der Waals surface area contributed by atoms with E-state index in [9.17, 15) is 4.79 Å². The van der Waals surface area contributed by atoms with E-state index in [4.69, 9.17) is 27.4 Å². The Hall–Kier alpha value is -2.71. The highest BCUT2D eigenvalue weighted by Gasteiger charge is 2.31. The van der Waals surface area contributed by atoms with E-state index in [0.717, 1.165) is 61.5 Å². The predicted molar refractivity (Wildman–Crippen MR) is 119 cm³/mol. The summed E-state index contributed by atoms with van der Waals surface area (Å²) in [5, 5.41) is 5.30. The highest BCUT2D eigenvalue weighted by atomic mass is 35.5. The van der Waals surface area contributed by atoms with Crippen molar-refractivity contribution in [1.29, 1.82) is 0 Å². The molecule has 3 aromatic rings. The maximum absolute atomic E-state index is 13.2. The average molecular weight is 440 g/mol. The predicted octanol–water partition coefficient (Wildman–Crippen LogP) is 2.99. The Morgan fingerprint density at radius 1 is 1.23 bits per heavy atom. The lowest BCUT2D eigenvalue weighted by Crippen LogP contribution is -2.39. The molecule has 5 heterocycles. The van der Waals surface area contributed by atoms with Gasteiger partial charge in [-0.1, -0.05) is 11.6 Å². The summed E-state index contributed by atoms with van der Waals surface area (Å²) in [5.74, 6) is 0.853. The first kappa shape index (κ1) is 20.2. The summed E-state index contributed by atoms with van der Waals surface area (Å²) >= 11 is 6.08. The molecule has 2 N–H and O–H groups in total. The van der Waals surface area contributed by atoms with Crippen LogP contribution >= 0.6 is 11.6 Å². The number of halogens is 1. The first-order chi connectivity index (χ1) is 15.0. The van der Waals surface area contributed by atoms with Crippen molar-refractivity contribution in [3.05, 3.63) is 52.6 Å². The lowest BCUT2D eigenvalue weighted by atomic mass is 9.99. The Balaban J connectivity index is 1.47. The number of fused-ring (bicyclic) bond motifs is 1. The zero-order valence-electron chi connectivity index (χ0n) is 17.5. The van der Waals surface area contributed by atoms with Gasteiger partial charge in [0.05, 0.1) is 11.7 Å². The number of piperidine rings is 1. The SMILES string of the molecule is Cc1cn2nc([C@@H]3CCCCN3C(=O)c3cc(Cl)ccn3)cc2nc1N1CC[C@H](N)C1. The Morgan fingerprint density at radius 3 is 2.87 bits per heavy atom. The van der Waals surface area contributed by atoms with Crippen molar-refractivity contribution < 1.29 is 4.79 Å². The minimum absolute atomic E-state index is 0.104. The van der Waals surface area contributed by atoms with E-state index in [1.54, 1.807) is 18.3 Å². The molecule has 5 rings (SSSR count). The number of aromatic nitrogens is 4. The molecule has 2 aliphatic rings. The van der Waals surface area contributed by atoms with Gasteiger partial charge in [-0.15, -0.1) is 0 Å². The molecule has 1 amide bonds. The lowest BCUT2D eigenvalue weighted by molar-refractivity contribution is 0.0599. The van der Waals surface area contributed by atoms with Gasteiger partial charge in [-0.3, -0.25) is 9.78 Å². The van der Waals surface area contributed by atoms with Gasteiger partial charge in [0.15, 0.2) is 5.65 Å². The Morgan fingerprint density at radius 2 is 2.10 bits per heavy atom. The van der Waals surface area contributed by atoms with Crippen molar-refractivity contribution in [2.75, 3.05) is 24.5 Å². The minimum atomic E-state index is -0.111. The van der Waals surface area contributed by atoms with Crippen molar-refractivity contribution >= 4 is 29.0 Å². The summed E-state index contributed by atoms with van der Waals surface area (Å²) in [6, 6.07) is 5.39. The highest BCUT2D eigenvalue weighted by molar-refractivity contribution is 6.30. The van der Waals surface area contributed by atoms with Gasteiger partial charge in [0, 0.05) is 54.7 Å². The number of likely N-dealkylation sites (tertiary alicyclic amines) is 1. The number of carbonyl (C=O) groups excluding carboxylic acids is 1. The number of nitrogens with zero attached hydrogens (tertiary/aromatic N) is 6. The van der Waals surface area contributed by atoms with Crippen molar-refractivity contribution in [2.24, 2.45) is 5.73 Å². The largest absolute Gasteiger partial charge is 0.355 e. The highest BCUT2D eigenvalue weighted by Crippen LogP contribution is 2.32. The van der Waals surface area contributed by atoms with Crippen molar-refractivity contribution in [2.45, 2.75) is 44.7 Å². The van der Waals surface area contributed by atoms with Gasteiger partial charge in [-0.05, 0) is 44.7 Å². The Bertz CT molecular complexity index is 1130. The Labute approximate surface area is 186 Å². The smallest absolute Gasteiger partial charge is 0.273 e. The zero-order valence-corrected chi connectivity index (χ0v) is 18.3. The molecule has 0 aliphatic carbocycles. The third-order valence-electron chi connectivity index (χ3n) is 6.19. The van der Waals surface area contributed by atoms with Gasteiger partial charge in [-0.2, -0.15) is 5.10 Å². The van der Waals surface area contributed by atoms with Gasteiger partial charge in [0.1, 0.15) is 11.5 Å². The zero-order chi connectivity index (χ0) is 21.5. The summed E-state index contributed by atoms with van der Waals surface area (Å²) < 4.78 is 1.82. The number of rotatable bonds is 3. The van der Waals surface area contributed by atoms with Crippen LogP contribution in [0.1, 0.15) is 53.5 Å². The van der Waals surface area contributed by atoms with Crippen LogP contribution in [0.2, 0.25) is 5.02 Å². The number of pyridine rings is 1. The van der Waals surface area contributed by atoms with Crippen molar-refractivity contribution in [1.82, 2.24) is 24.5 Å². The molecule has 31 heavy (non-hydrogen) atoms. The van der Waals surface area contributed by atoms with Gasteiger partial charge >= 0.3 is 0 Å². The summed E-state index contributed by atoms with van der Waals surface area (Å²) in [6.07, 6.45) is 7.44. The van der Waals surface area contributed by atoms with Crippen molar-refractivity contribution in [3.8, 4) is 0 Å². The summed E-state index contributed by atoms with van der Waals surface area (Å²) in [5.41, 5.74) is 9.17. The molecule has 0 aromatic carbocycles. The third kappa shape index (κ3) is 3.85. The number of hydrogen-bond donors (Lipinski definition) is 1. The number of amides is 1. The molecular formula is C22H26ClN7O. The van der Waals surface area contributed by atoms with E-state index < -0.39 is 0 Å². The fourth-order valence-electron chi connectivity index (χ4n) is 4.63. The van der Waals surface area contributed by atoms with Crippen molar-refractivity contribution in [3.63, 3.8) is 0 Å². The lowest BCUT2D eigenvalue weighted by Gasteiger charge is -2.34. The molecule has 8 nitrogen and oxygen atoms in total. The number of anilines is 1. The fraction of sp³-hybridized carbons (Fsp3) is 0.455. The molecule has 2 aliphatic heterocycles. The van der Waals surface area contributed by atoms with Crippen LogP contribution in [0.25, 0.3) is 5.65 Å². The topological polar surface area (TPSA) is 92.6 Å². The summed E-state index contributed by atoms with van der Waals surface area (Å²) in [6.45, 7) is 4.47. The summed E-state index contributed by atoms with van der Waals surface area (Å²) in [7, 11) is 0. The van der Waals surface area contributed by atoms with Crippen LogP contribution in [0.15, 0.2) is 30.6 Å². The molecule has 2 saturated heterocycles. The number of carbonyl (C=O) groups is 1. The van der Waals surface area contributed by atoms with E-state index in [1.165, 1.54) is 0 Å². The monoisotopic (exact) mass is 439 g/mol. The van der Waals surface area contributed by atoms with Crippen LogP contribution in [0, 0.1) is 6.92 Å². The van der Waals surface area contributed by atoms with Crippen LogP contribution in [-0.2, 0) is 0 Å². The summed E-state index contributed by atoms with van der Waals surface area (Å²) in [4.78, 5) is 26.4. The van der Waals surface area contributed by atoms with Crippen LogP contribution in [0.5, 0.6) is 0 Å². The van der Waals surface area contributed by atoms with Crippen LogP contribution < -0.4 is 10.6 Å². The van der Waals surface area contributed by atoms with Gasteiger partial charge in [-0.25, -0.2) is 9.50 Å². The Kier molecular flexibility index (Phi) is 5.27. The fourth-order valence-corrected chi connectivity index (χ4v) is 4.79. The molecule has 162 valence electrons. The molecule has 2 fully saturated rings. The van der Waals surface area contributed by atoms with Gasteiger partial charge < -0.3 is 15.5 Å². The minimum Gasteiger partial charge on any atom is -0.355 e. The molecule has 0 radical (unpaired) electrons. The molecular weight excluding hydrogens is 414 g/mol. The number of nitrogens with two attached hydrogens (primary N) is 1. The van der Waals surface area contributed by atoms with Gasteiger partial charge in [0.2, 0.25) is 0 Å². The van der Waals surface area contributed by atoms with Crippen LogP contribution in [-0.4, -0.2) is 56.1 Å². The second kappa shape index (κ2) is 8.09. The van der Waals surface area contributed by atoms with E-state index >= 15 is 0 Å². The number of hydrogen-bond acceptors (Lipinski definition) is 6. The second-order valence-corrected chi connectivity index (χ2v) is 8.92. The standard InChI is InChI=1S/C22H26ClN7O/c1-14-12-30-20(26-21(14)28-9-6-16(24)13-28)11-17(27-30)19-4-2-3-8-29(19)22(31)18-10-15(23)5-7-25-18/h5,7,10-12,16,19H,2-4,6,8-9,13,24H2,1H3/t16-,19-/m0/s1. The first-order valence-corrected chi connectivity index (χ1v) is 11.2. The quantitative estimate of drug-likeness (QED) is 0.674. The number of aryl methyl sites for hydroxylation is 1. The van der Waals surface area contributed by atoms with E-state index in [1.807, 2.05) is 28.6 Å². The normalized spacial score (nSPS) is 21.8. The molecule has 2 atom stereocenters. The first-order valence-electron chi connectivity index (χ1n) is 10.8. The van der Waals surface area contributed by atoms with Crippen LogP contribution in [0.3, 0.4) is 0 Å². The molecule has 0 bridgehead atoms. The van der Waals surface area contributed by atoms with E-state index in [0.29, 0.717) is 17.3 Å². The second-order valence-electron chi connectivity index (χ2n) is 8.48. The van der Waals surface area contributed by atoms with E-state index in [-0.39, 0.29) is 18.0 Å². The molecule has 0 unspecified atom stereocenters. The maximum atomic E-state index is 13.2. The van der Waals surface area contributed by atoms with Crippen LogP contribution in [0.4, 0.5) is 5.82 Å². The average Bonchev–Trinajstić information content (AvgIpc) is 3.38. The van der Waals surface area contributed by atoms with Gasteiger partial charge in [0.25, 0.3) is 5.91 Å². The molecule has 3 aromatic heterocycles. The van der Waals surface area contributed by atoms with E-state index in [2.05, 4.69) is 9.88 Å².